The molecule has 0 spiro atoms. The standard InChI is InChI=1S/C26H21N3O4/c30-26(27-22-13-10-18-6-4-5-9-21(18)16-22)28-17-24(19-11-14-23(15-12-19)29(31)32)33-25(28)20-7-2-1-3-8-20/h1-16,24-25H,17H2,(H,27,30)/t24-,25-/m1/s1. The van der Waals surface area contributed by atoms with E-state index in [2.05, 4.69) is 5.32 Å². The van der Waals surface area contributed by atoms with E-state index < -0.39 is 17.3 Å². The Bertz CT molecular complexity index is 1310. The van der Waals surface area contributed by atoms with Gasteiger partial charge in [-0.15, -0.1) is 0 Å². The van der Waals surface area contributed by atoms with E-state index in [0.717, 1.165) is 21.9 Å². The molecule has 0 aliphatic carbocycles. The molecule has 0 bridgehead atoms. The molecule has 4 aromatic carbocycles. The summed E-state index contributed by atoms with van der Waals surface area (Å²) in [4.78, 5) is 25.5. The van der Waals surface area contributed by atoms with Crippen LogP contribution in [0.3, 0.4) is 0 Å². The van der Waals surface area contributed by atoms with Gasteiger partial charge in [0, 0.05) is 23.4 Å². The first-order valence-electron chi connectivity index (χ1n) is 10.6. The van der Waals surface area contributed by atoms with Gasteiger partial charge in [-0.2, -0.15) is 0 Å². The van der Waals surface area contributed by atoms with Crippen molar-refractivity contribution in [3.8, 4) is 0 Å². The fourth-order valence-electron chi connectivity index (χ4n) is 4.07. The molecule has 0 aromatic heterocycles. The average molecular weight is 439 g/mol. The van der Waals surface area contributed by atoms with Gasteiger partial charge in [0.15, 0.2) is 6.23 Å². The summed E-state index contributed by atoms with van der Waals surface area (Å²) >= 11 is 0. The highest BCUT2D eigenvalue weighted by Gasteiger charge is 2.38. The Balaban J connectivity index is 1.41. The van der Waals surface area contributed by atoms with Crippen LogP contribution in [0.15, 0.2) is 97.1 Å². The summed E-state index contributed by atoms with van der Waals surface area (Å²) in [6, 6.07) is 29.3. The third-order valence-electron chi connectivity index (χ3n) is 5.76. The van der Waals surface area contributed by atoms with Crippen molar-refractivity contribution in [2.45, 2.75) is 12.3 Å². The number of nitrogens with zero attached hydrogens (tertiary/aromatic N) is 2. The van der Waals surface area contributed by atoms with Crippen LogP contribution in [0.1, 0.15) is 23.5 Å². The number of carbonyl (C=O) groups is 1. The Morgan fingerprint density at radius 1 is 0.879 bits per heavy atom. The largest absolute Gasteiger partial charge is 0.344 e. The van der Waals surface area contributed by atoms with Crippen molar-refractivity contribution >= 4 is 28.2 Å². The number of non-ortho nitro benzene ring substituents is 1. The Morgan fingerprint density at radius 3 is 2.30 bits per heavy atom. The van der Waals surface area contributed by atoms with Gasteiger partial charge in [-0.05, 0) is 40.6 Å². The third-order valence-corrected chi connectivity index (χ3v) is 5.76. The van der Waals surface area contributed by atoms with Crippen LogP contribution < -0.4 is 5.32 Å². The molecular formula is C26H21N3O4. The van der Waals surface area contributed by atoms with Crippen molar-refractivity contribution in [2.75, 3.05) is 11.9 Å². The van der Waals surface area contributed by atoms with Crippen LogP contribution in [-0.4, -0.2) is 22.4 Å². The molecule has 7 nitrogen and oxygen atoms in total. The minimum atomic E-state index is -0.577. The minimum absolute atomic E-state index is 0.0160. The Morgan fingerprint density at radius 2 is 1.58 bits per heavy atom. The van der Waals surface area contributed by atoms with Gasteiger partial charge in [-0.3, -0.25) is 15.0 Å². The number of hydrogen-bond donors (Lipinski definition) is 1. The van der Waals surface area contributed by atoms with E-state index in [1.165, 1.54) is 12.1 Å². The first kappa shape index (κ1) is 20.7. The lowest BCUT2D eigenvalue weighted by Gasteiger charge is -2.23. The summed E-state index contributed by atoms with van der Waals surface area (Å²) in [7, 11) is 0. The second-order valence-electron chi connectivity index (χ2n) is 7.88. The fourth-order valence-corrected chi connectivity index (χ4v) is 4.07. The summed E-state index contributed by atoms with van der Waals surface area (Å²) in [5.74, 6) is 0. The number of rotatable bonds is 4. The SMILES string of the molecule is O=C(Nc1ccc2ccccc2c1)N1C[C@H](c2ccc([N+](=O)[O-])cc2)O[C@@H]1c1ccccc1. The molecule has 0 radical (unpaired) electrons. The zero-order valence-electron chi connectivity index (χ0n) is 17.6. The van der Waals surface area contributed by atoms with E-state index in [1.54, 1.807) is 17.0 Å². The second kappa shape index (κ2) is 8.72. The summed E-state index contributed by atoms with van der Waals surface area (Å²) in [6.45, 7) is 0.316. The Hall–Kier alpha value is -4.23. The van der Waals surface area contributed by atoms with Crippen LogP contribution >= 0.6 is 0 Å². The molecule has 2 amide bonds. The average Bonchev–Trinajstić information content (AvgIpc) is 3.30. The number of nitro benzene ring substituents is 1. The van der Waals surface area contributed by atoms with Crippen LogP contribution in [-0.2, 0) is 4.74 Å². The zero-order chi connectivity index (χ0) is 22.8. The van der Waals surface area contributed by atoms with Gasteiger partial charge < -0.3 is 10.1 Å². The van der Waals surface area contributed by atoms with Crippen LogP contribution in [0.4, 0.5) is 16.2 Å². The lowest BCUT2D eigenvalue weighted by atomic mass is 10.1. The minimum Gasteiger partial charge on any atom is -0.344 e. The summed E-state index contributed by atoms with van der Waals surface area (Å²) in [5, 5.41) is 16.1. The molecule has 1 fully saturated rings. The molecule has 1 aliphatic rings. The van der Waals surface area contributed by atoms with Crippen LogP contribution in [0.5, 0.6) is 0 Å². The van der Waals surface area contributed by atoms with E-state index in [4.69, 9.17) is 4.74 Å². The van der Waals surface area contributed by atoms with Gasteiger partial charge in [0.1, 0.15) is 6.10 Å². The number of benzene rings is 4. The Labute approximate surface area is 190 Å². The predicted octanol–water partition coefficient (Wildman–Crippen LogP) is 6.05. The monoisotopic (exact) mass is 439 g/mol. The Kier molecular flexibility index (Phi) is 5.46. The normalized spacial score (nSPS) is 17.8. The molecule has 4 aromatic rings. The van der Waals surface area contributed by atoms with Gasteiger partial charge in [0.05, 0.1) is 11.5 Å². The maximum atomic E-state index is 13.3. The summed E-state index contributed by atoms with van der Waals surface area (Å²) in [5.41, 5.74) is 2.35. The van der Waals surface area contributed by atoms with Crippen LogP contribution in [0, 0.1) is 10.1 Å². The molecule has 33 heavy (non-hydrogen) atoms. The summed E-state index contributed by atoms with van der Waals surface area (Å²) < 4.78 is 6.27. The molecule has 0 saturated carbocycles. The van der Waals surface area contributed by atoms with Crippen molar-refractivity contribution in [3.63, 3.8) is 0 Å². The molecular weight excluding hydrogens is 418 g/mol. The number of ether oxygens (including phenoxy) is 1. The maximum Gasteiger partial charge on any atom is 0.324 e. The molecule has 7 heteroatoms. The maximum absolute atomic E-state index is 13.3. The van der Waals surface area contributed by atoms with Gasteiger partial charge in [0.25, 0.3) is 5.69 Å². The highest BCUT2D eigenvalue weighted by Crippen LogP contribution is 2.38. The van der Waals surface area contributed by atoms with Crippen molar-refractivity contribution in [1.29, 1.82) is 0 Å². The number of fused-ring (bicyclic) bond motifs is 1. The molecule has 1 saturated heterocycles. The number of amides is 2. The van der Waals surface area contributed by atoms with E-state index >= 15 is 0 Å². The van der Waals surface area contributed by atoms with Gasteiger partial charge in [-0.1, -0.05) is 60.7 Å². The lowest BCUT2D eigenvalue weighted by molar-refractivity contribution is -0.384. The number of nitro groups is 1. The van der Waals surface area contributed by atoms with Crippen molar-refractivity contribution < 1.29 is 14.5 Å². The number of anilines is 1. The van der Waals surface area contributed by atoms with E-state index in [1.807, 2.05) is 72.8 Å². The number of urea groups is 1. The van der Waals surface area contributed by atoms with Crippen LogP contribution in [0.2, 0.25) is 0 Å². The van der Waals surface area contributed by atoms with E-state index in [0.29, 0.717) is 12.2 Å². The molecule has 5 rings (SSSR count). The molecule has 2 atom stereocenters. The fraction of sp³-hybridized carbons (Fsp3) is 0.115. The third kappa shape index (κ3) is 4.26. The van der Waals surface area contributed by atoms with Gasteiger partial charge in [-0.25, -0.2) is 4.79 Å². The number of nitrogens with one attached hydrogen (secondary N) is 1. The number of hydrogen-bond acceptors (Lipinski definition) is 4. The molecule has 1 N–H and O–H groups in total. The highest BCUT2D eigenvalue weighted by atomic mass is 16.6. The van der Waals surface area contributed by atoms with E-state index in [-0.39, 0.29) is 11.7 Å². The molecule has 164 valence electrons. The van der Waals surface area contributed by atoms with Gasteiger partial charge >= 0.3 is 6.03 Å². The van der Waals surface area contributed by atoms with Crippen LogP contribution in [0.25, 0.3) is 10.8 Å². The topological polar surface area (TPSA) is 84.7 Å². The van der Waals surface area contributed by atoms with Crippen molar-refractivity contribution in [3.05, 3.63) is 118 Å². The van der Waals surface area contributed by atoms with E-state index in [9.17, 15) is 14.9 Å². The quantitative estimate of drug-likeness (QED) is 0.310. The van der Waals surface area contributed by atoms with Crippen molar-refractivity contribution in [2.24, 2.45) is 0 Å². The molecule has 0 unspecified atom stereocenters. The van der Waals surface area contributed by atoms with Gasteiger partial charge in [0.2, 0.25) is 0 Å². The smallest absolute Gasteiger partial charge is 0.324 e. The number of carbonyl (C=O) groups excluding carboxylic acids is 1. The summed E-state index contributed by atoms with van der Waals surface area (Å²) in [6.07, 6.45) is -0.981. The molecule has 1 heterocycles. The first-order valence-corrected chi connectivity index (χ1v) is 10.6. The van der Waals surface area contributed by atoms with Crippen molar-refractivity contribution in [1.82, 2.24) is 4.90 Å². The molecule has 1 aliphatic heterocycles. The lowest BCUT2D eigenvalue weighted by Crippen LogP contribution is -2.35. The first-order chi connectivity index (χ1) is 16.1. The predicted molar refractivity (Wildman–Crippen MR) is 126 cm³/mol. The second-order valence-corrected chi connectivity index (χ2v) is 7.88. The zero-order valence-corrected chi connectivity index (χ0v) is 17.6. The highest BCUT2D eigenvalue weighted by molar-refractivity contribution is 5.93.